The first kappa shape index (κ1) is 28.0. The van der Waals surface area contributed by atoms with E-state index in [1.54, 1.807) is 24.3 Å². The van der Waals surface area contributed by atoms with Crippen molar-refractivity contribution >= 4 is 40.9 Å². The highest BCUT2D eigenvalue weighted by Gasteiger charge is 2.22. The standard InChI is InChI=1S/C30H34N2O4S/c1-3-5-15-27(33)31-25-13-10-14-26(21-25)37-28(22-11-8-7-9-12-22)29(34)32-24-18-16-23(17-19-24)30(35)36-20-6-4-2/h7-14,16-19,21,28H,3-6,15,20H2,1-2H3,(H,31,33)(H,32,34). The van der Waals surface area contributed by atoms with Crippen LogP contribution in [0.1, 0.15) is 67.1 Å². The number of carbonyl (C=O) groups is 3. The van der Waals surface area contributed by atoms with Crippen molar-refractivity contribution in [3.05, 3.63) is 90.0 Å². The van der Waals surface area contributed by atoms with E-state index in [-0.39, 0.29) is 17.8 Å². The zero-order valence-electron chi connectivity index (χ0n) is 21.4. The van der Waals surface area contributed by atoms with E-state index in [1.165, 1.54) is 11.8 Å². The third kappa shape index (κ3) is 9.10. The molecule has 2 amide bonds. The predicted octanol–water partition coefficient (Wildman–Crippen LogP) is 7.24. The van der Waals surface area contributed by atoms with Crippen LogP contribution in [0.25, 0.3) is 0 Å². The minimum Gasteiger partial charge on any atom is -0.462 e. The zero-order valence-corrected chi connectivity index (χ0v) is 22.2. The summed E-state index contributed by atoms with van der Waals surface area (Å²) in [7, 11) is 0. The molecule has 6 nitrogen and oxygen atoms in total. The minimum absolute atomic E-state index is 0.0148. The van der Waals surface area contributed by atoms with Crippen LogP contribution in [0.5, 0.6) is 0 Å². The number of anilines is 2. The summed E-state index contributed by atoms with van der Waals surface area (Å²) in [4.78, 5) is 38.6. The molecule has 0 saturated heterocycles. The molecule has 0 fully saturated rings. The second-order valence-corrected chi connectivity index (χ2v) is 9.82. The molecule has 1 atom stereocenters. The number of hydrogen-bond acceptors (Lipinski definition) is 5. The highest BCUT2D eigenvalue weighted by molar-refractivity contribution is 8.00. The van der Waals surface area contributed by atoms with Crippen LogP contribution < -0.4 is 10.6 Å². The lowest BCUT2D eigenvalue weighted by Crippen LogP contribution is -2.19. The molecule has 1 unspecified atom stereocenters. The molecule has 0 aromatic heterocycles. The fourth-order valence-corrected chi connectivity index (χ4v) is 4.62. The van der Waals surface area contributed by atoms with E-state index in [4.69, 9.17) is 4.74 Å². The summed E-state index contributed by atoms with van der Waals surface area (Å²) < 4.78 is 5.25. The van der Waals surface area contributed by atoms with Gasteiger partial charge >= 0.3 is 5.97 Å². The van der Waals surface area contributed by atoms with Gasteiger partial charge in [0.05, 0.1) is 12.2 Å². The molecule has 3 rings (SSSR count). The first-order valence-corrected chi connectivity index (χ1v) is 13.6. The van der Waals surface area contributed by atoms with Gasteiger partial charge in [-0.05, 0) is 60.9 Å². The molecule has 0 spiro atoms. The van der Waals surface area contributed by atoms with Gasteiger partial charge in [-0.2, -0.15) is 0 Å². The van der Waals surface area contributed by atoms with Gasteiger partial charge in [-0.25, -0.2) is 4.79 Å². The minimum atomic E-state index is -0.522. The van der Waals surface area contributed by atoms with Gasteiger partial charge < -0.3 is 15.4 Å². The number of esters is 1. The maximum atomic E-state index is 13.4. The van der Waals surface area contributed by atoms with Crippen molar-refractivity contribution in [2.45, 2.75) is 56.1 Å². The lowest BCUT2D eigenvalue weighted by Gasteiger charge is -2.18. The Bertz CT molecular complexity index is 1170. The normalized spacial score (nSPS) is 11.4. The third-order valence-corrected chi connectivity index (χ3v) is 6.84. The molecule has 3 aromatic rings. The zero-order chi connectivity index (χ0) is 26.5. The average Bonchev–Trinajstić information content (AvgIpc) is 2.91. The van der Waals surface area contributed by atoms with E-state index in [9.17, 15) is 14.4 Å². The van der Waals surface area contributed by atoms with Crippen LogP contribution in [-0.4, -0.2) is 24.4 Å². The fourth-order valence-electron chi connectivity index (χ4n) is 3.53. The summed E-state index contributed by atoms with van der Waals surface area (Å²) in [6, 6.07) is 23.8. The largest absolute Gasteiger partial charge is 0.462 e. The molecule has 0 heterocycles. The number of rotatable bonds is 13. The molecule has 3 aromatic carbocycles. The first-order valence-electron chi connectivity index (χ1n) is 12.7. The molecular formula is C30H34N2O4S. The molecule has 194 valence electrons. The lowest BCUT2D eigenvalue weighted by molar-refractivity contribution is -0.116. The number of amides is 2. The summed E-state index contributed by atoms with van der Waals surface area (Å²) in [5, 5.41) is 5.38. The van der Waals surface area contributed by atoms with Gasteiger partial charge in [0.2, 0.25) is 11.8 Å². The monoisotopic (exact) mass is 518 g/mol. The van der Waals surface area contributed by atoms with Crippen molar-refractivity contribution in [1.29, 1.82) is 0 Å². The van der Waals surface area contributed by atoms with Gasteiger partial charge in [-0.3, -0.25) is 9.59 Å². The Hall–Kier alpha value is -3.58. The molecular weight excluding hydrogens is 484 g/mol. The maximum Gasteiger partial charge on any atom is 0.338 e. The molecule has 0 aliphatic rings. The Morgan fingerprint density at radius 2 is 1.54 bits per heavy atom. The Balaban J connectivity index is 1.71. The van der Waals surface area contributed by atoms with Crippen LogP contribution in [0.15, 0.2) is 83.8 Å². The number of ether oxygens (including phenoxy) is 1. The van der Waals surface area contributed by atoms with Crippen LogP contribution in [0.3, 0.4) is 0 Å². The van der Waals surface area contributed by atoms with Crippen LogP contribution in [0.2, 0.25) is 0 Å². The van der Waals surface area contributed by atoms with Crippen molar-refractivity contribution in [2.24, 2.45) is 0 Å². The van der Waals surface area contributed by atoms with Crippen LogP contribution in [0, 0.1) is 0 Å². The number of benzene rings is 3. The summed E-state index contributed by atoms with van der Waals surface area (Å²) in [6.07, 6.45) is 4.07. The van der Waals surface area contributed by atoms with Gasteiger partial charge in [-0.15, -0.1) is 11.8 Å². The number of thioether (sulfide) groups is 1. The second kappa shape index (κ2) is 14.9. The summed E-state index contributed by atoms with van der Waals surface area (Å²) >= 11 is 1.41. The second-order valence-electron chi connectivity index (χ2n) is 8.64. The topological polar surface area (TPSA) is 84.5 Å². The molecule has 7 heteroatoms. The number of carbonyl (C=O) groups excluding carboxylic acids is 3. The molecule has 2 N–H and O–H groups in total. The van der Waals surface area contributed by atoms with Gasteiger partial charge in [0.25, 0.3) is 0 Å². The average molecular weight is 519 g/mol. The molecule has 37 heavy (non-hydrogen) atoms. The van der Waals surface area contributed by atoms with E-state index in [2.05, 4.69) is 17.6 Å². The maximum absolute atomic E-state index is 13.4. The van der Waals surface area contributed by atoms with Gasteiger partial charge in [0, 0.05) is 22.7 Å². The predicted molar refractivity (Wildman–Crippen MR) is 150 cm³/mol. The lowest BCUT2D eigenvalue weighted by atomic mass is 10.1. The van der Waals surface area contributed by atoms with Gasteiger partial charge in [0.1, 0.15) is 5.25 Å². The number of nitrogens with one attached hydrogen (secondary N) is 2. The van der Waals surface area contributed by atoms with E-state index in [0.29, 0.717) is 30.0 Å². The Morgan fingerprint density at radius 1 is 0.811 bits per heavy atom. The number of hydrogen-bond donors (Lipinski definition) is 2. The molecule has 0 radical (unpaired) electrons. The van der Waals surface area contributed by atoms with Crippen molar-refractivity contribution < 1.29 is 19.1 Å². The first-order chi connectivity index (χ1) is 18.0. The fraction of sp³-hybridized carbons (Fsp3) is 0.300. The highest BCUT2D eigenvalue weighted by atomic mass is 32.2. The highest BCUT2D eigenvalue weighted by Crippen LogP contribution is 2.37. The Kier molecular flexibility index (Phi) is 11.2. The van der Waals surface area contributed by atoms with Gasteiger partial charge in [0.15, 0.2) is 0 Å². The van der Waals surface area contributed by atoms with Crippen LogP contribution in [-0.2, 0) is 14.3 Å². The van der Waals surface area contributed by atoms with E-state index < -0.39 is 5.25 Å². The molecule has 0 bridgehead atoms. The molecule has 0 aliphatic heterocycles. The van der Waals surface area contributed by atoms with Crippen LogP contribution in [0.4, 0.5) is 11.4 Å². The van der Waals surface area contributed by atoms with E-state index in [1.807, 2.05) is 61.5 Å². The summed E-state index contributed by atoms with van der Waals surface area (Å²) in [6.45, 7) is 4.49. The van der Waals surface area contributed by atoms with Crippen LogP contribution >= 0.6 is 11.8 Å². The summed E-state index contributed by atoms with van der Waals surface area (Å²) in [5.74, 6) is -0.573. The Morgan fingerprint density at radius 3 is 2.24 bits per heavy atom. The van der Waals surface area contributed by atoms with Crippen molar-refractivity contribution in [3.8, 4) is 0 Å². The van der Waals surface area contributed by atoms with Crippen molar-refractivity contribution in [3.63, 3.8) is 0 Å². The van der Waals surface area contributed by atoms with Crippen molar-refractivity contribution in [1.82, 2.24) is 0 Å². The van der Waals surface area contributed by atoms with E-state index >= 15 is 0 Å². The third-order valence-electron chi connectivity index (χ3n) is 5.59. The summed E-state index contributed by atoms with van der Waals surface area (Å²) in [5.41, 5.74) is 2.60. The number of unbranched alkanes of at least 4 members (excludes halogenated alkanes) is 2. The van der Waals surface area contributed by atoms with Crippen molar-refractivity contribution in [2.75, 3.05) is 17.2 Å². The van der Waals surface area contributed by atoms with E-state index in [0.717, 1.165) is 36.1 Å². The molecule has 0 saturated carbocycles. The smallest absolute Gasteiger partial charge is 0.338 e. The SMILES string of the molecule is CCCCOC(=O)c1ccc(NC(=O)C(Sc2cccc(NC(=O)CCCC)c2)c2ccccc2)cc1. The quantitative estimate of drug-likeness (QED) is 0.141. The van der Waals surface area contributed by atoms with Gasteiger partial charge in [-0.1, -0.05) is 63.1 Å². The Labute approximate surface area is 223 Å². The molecule has 0 aliphatic carbocycles.